The van der Waals surface area contributed by atoms with Crippen LogP contribution in [0.4, 0.5) is 0 Å². The summed E-state index contributed by atoms with van der Waals surface area (Å²) in [5.74, 6) is 0. The van der Waals surface area contributed by atoms with Gasteiger partial charge in [0.1, 0.15) is 10.6 Å². The molecule has 2 aromatic rings. The van der Waals surface area contributed by atoms with Crippen LogP contribution in [0.15, 0.2) is 33.5 Å². The standard InChI is InChI=1S/C10H7ClO2.Na.H2O4S.H/c1-6-2-3-9-7(4-6)5-8(11)10(12)13-9;;1-5(2,3)4;/h2-5H,1H3;;(H2,1,2,3,4);. The topological polar surface area (TPSA) is 105 Å². The predicted octanol–water partition coefficient (Wildman–Crippen LogP) is 1.45. The van der Waals surface area contributed by atoms with Crippen LogP contribution in [-0.2, 0) is 10.4 Å². The van der Waals surface area contributed by atoms with E-state index in [-0.39, 0.29) is 34.6 Å². The van der Waals surface area contributed by atoms with Crippen LogP contribution in [0.5, 0.6) is 0 Å². The van der Waals surface area contributed by atoms with Crippen molar-refractivity contribution in [3.63, 3.8) is 0 Å². The van der Waals surface area contributed by atoms with E-state index in [0.29, 0.717) is 5.58 Å². The molecule has 0 saturated heterocycles. The SMILES string of the molecule is Cc1ccc2oc(=O)c(Cl)cc2c1.O=S(=O)(O)O.[NaH]. The van der Waals surface area contributed by atoms with E-state index in [1.807, 2.05) is 19.1 Å². The van der Waals surface area contributed by atoms with E-state index < -0.39 is 16.0 Å². The number of hydrogen-bond acceptors (Lipinski definition) is 4. The molecule has 1 aromatic carbocycles. The average Bonchev–Trinajstić information content (AvgIpc) is 2.18. The van der Waals surface area contributed by atoms with Gasteiger partial charge in [0.2, 0.25) is 0 Å². The maximum atomic E-state index is 11.0. The van der Waals surface area contributed by atoms with Crippen LogP contribution < -0.4 is 5.63 Å². The van der Waals surface area contributed by atoms with Gasteiger partial charge in [-0.2, -0.15) is 8.42 Å². The maximum absolute atomic E-state index is 11.0. The Balaban J connectivity index is 0.000000471. The summed E-state index contributed by atoms with van der Waals surface area (Å²) in [5.41, 5.74) is 1.19. The van der Waals surface area contributed by atoms with Crippen molar-refractivity contribution in [3.8, 4) is 0 Å². The summed E-state index contributed by atoms with van der Waals surface area (Å²) in [7, 11) is -4.67. The van der Waals surface area contributed by atoms with E-state index in [0.717, 1.165) is 10.9 Å². The van der Waals surface area contributed by atoms with Crippen molar-refractivity contribution in [2.45, 2.75) is 6.92 Å². The van der Waals surface area contributed by atoms with Gasteiger partial charge < -0.3 is 4.42 Å². The molecule has 0 aliphatic rings. The molecule has 19 heavy (non-hydrogen) atoms. The molecule has 6 nitrogen and oxygen atoms in total. The van der Waals surface area contributed by atoms with Crippen molar-refractivity contribution in [3.05, 3.63) is 45.3 Å². The second-order valence-corrected chi connectivity index (χ2v) is 4.67. The van der Waals surface area contributed by atoms with Crippen LogP contribution in [0.3, 0.4) is 0 Å². The van der Waals surface area contributed by atoms with Gasteiger partial charge in [-0.25, -0.2) is 4.79 Å². The van der Waals surface area contributed by atoms with Crippen molar-refractivity contribution in [2.24, 2.45) is 0 Å². The van der Waals surface area contributed by atoms with Crippen molar-refractivity contribution < 1.29 is 21.9 Å². The van der Waals surface area contributed by atoms with Crippen LogP contribution in [0.25, 0.3) is 11.0 Å². The molecule has 0 saturated carbocycles. The zero-order valence-corrected chi connectivity index (χ0v) is 10.7. The fourth-order valence-corrected chi connectivity index (χ4v) is 1.37. The van der Waals surface area contributed by atoms with E-state index in [4.69, 9.17) is 33.5 Å². The summed E-state index contributed by atoms with van der Waals surface area (Å²) >= 11 is 5.63. The van der Waals surface area contributed by atoms with E-state index >= 15 is 0 Å². The Morgan fingerprint density at radius 2 is 1.74 bits per heavy atom. The molecule has 0 bridgehead atoms. The molecular weight excluding hydrogens is 307 g/mol. The van der Waals surface area contributed by atoms with E-state index in [9.17, 15) is 4.79 Å². The molecule has 0 radical (unpaired) electrons. The molecule has 0 atom stereocenters. The number of hydrogen-bond donors (Lipinski definition) is 2. The Morgan fingerprint density at radius 1 is 1.21 bits per heavy atom. The molecule has 0 aliphatic carbocycles. The molecule has 0 amide bonds. The summed E-state index contributed by atoms with van der Waals surface area (Å²) in [6.07, 6.45) is 0. The molecule has 100 valence electrons. The van der Waals surface area contributed by atoms with Crippen molar-refractivity contribution in [1.29, 1.82) is 0 Å². The number of fused-ring (bicyclic) bond motifs is 1. The van der Waals surface area contributed by atoms with Gasteiger partial charge in [-0.15, -0.1) is 0 Å². The summed E-state index contributed by atoms with van der Waals surface area (Å²) in [6.45, 7) is 1.97. The summed E-state index contributed by atoms with van der Waals surface area (Å²) in [4.78, 5) is 11.0. The van der Waals surface area contributed by atoms with E-state index in [2.05, 4.69) is 0 Å². The third-order valence-corrected chi connectivity index (χ3v) is 2.11. The zero-order valence-electron chi connectivity index (χ0n) is 9.12. The fraction of sp³-hybridized carbons (Fsp3) is 0.100. The van der Waals surface area contributed by atoms with Gasteiger partial charge in [-0.3, -0.25) is 9.11 Å². The number of benzene rings is 1. The molecule has 1 aromatic heterocycles. The molecule has 0 spiro atoms. The first kappa shape index (κ1) is 18.6. The minimum atomic E-state index is -4.67. The normalized spacial score (nSPS) is 10.3. The van der Waals surface area contributed by atoms with E-state index in [1.165, 1.54) is 0 Å². The van der Waals surface area contributed by atoms with Crippen LogP contribution >= 0.6 is 11.6 Å². The predicted molar refractivity (Wildman–Crippen MR) is 73.6 cm³/mol. The number of aryl methyl sites for hydroxylation is 1. The quantitative estimate of drug-likeness (QED) is 0.433. The average molecular weight is 317 g/mol. The zero-order chi connectivity index (χ0) is 13.9. The Labute approximate surface area is 136 Å². The first-order chi connectivity index (χ1) is 8.16. The molecule has 0 unspecified atom stereocenters. The molecular formula is C10H10ClNaO6S. The van der Waals surface area contributed by atoms with Crippen molar-refractivity contribution >= 4 is 62.5 Å². The second kappa shape index (κ2) is 7.39. The van der Waals surface area contributed by atoms with Gasteiger partial charge in [0, 0.05) is 5.39 Å². The van der Waals surface area contributed by atoms with Crippen LogP contribution in [-0.4, -0.2) is 47.1 Å². The van der Waals surface area contributed by atoms with Crippen LogP contribution in [0.2, 0.25) is 5.02 Å². The molecule has 1 heterocycles. The molecule has 0 fully saturated rings. The third kappa shape index (κ3) is 7.07. The summed E-state index contributed by atoms with van der Waals surface area (Å²) in [6, 6.07) is 7.20. The Morgan fingerprint density at radius 3 is 2.26 bits per heavy atom. The molecule has 0 aliphatic heterocycles. The van der Waals surface area contributed by atoms with Gasteiger partial charge in [-0.05, 0) is 25.1 Å². The van der Waals surface area contributed by atoms with Gasteiger partial charge in [0.15, 0.2) is 0 Å². The number of rotatable bonds is 0. The second-order valence-electron chi connectivity index (χ2n) is 3.37. The summed E-state index contributed by atoms with van der Waals surface area (Å²) < 4.78 is 36.5. The minimum absolute atomic E-state index is 0. The van der Waals surface area contributed by atoms with Gasteiger partial charge in [-0.1, -0.05) is 23.2 Å². The van der Waals surface area contributed by atoms with Crippen molar-refractivity contribution in [1.82, 2.24) is 0 Å². The third-order valence-electron chi connectivity index (χ3n) is 1.85. The van der Waals surface area contributed by atoms with Gasteiger partial charge in [0.05, 0.1) is 0 Å². The Bertz CT molecular complexity index is 716. The first-order valence-electron chi connectivity index (χ1n) is 4.57. The first-order valence-corrected chi connectivity index (χ1v) is 6.34. The van der Waals surface area contributed by atoms with Gasteiger partial charge >= 0.3 is 45.6 Å². The summed E-state index contributed by atoms with van der Waals surface area (Å²) in [5, 5.41) is 0.975. The Hall–Kier alpha value is -0.410. The van der Waals surface area contributed by atoms with E-state index in [1.54, 1.807) is 12.1 Å². The van der Waals surface area contributed by atoms with Crippen LogP contribution in [0, 0.1) is 6.92 Å². The van der Waals surface area contributed by atoms with Crippen molar-refractivity contribution in [2.75, 3.05) is 0 Å². The molecule has 2 N–H and O–H groups in total. The van der Waals surface area contributed by atoms with Crippen LogP contribution in [0.1, 0.15) is 5.56 Å². The monoisotopic (exact) mass is 316 g/mol. The molecule has 9 heteroatoms. The number of halogens is 1. The van der Waals surface area contributed by atoms with Gasteiger partial charge in [0.25, 0.3) is 0 Å². The fourth-order valence-electron chi connectivity index (χ4n) is 1.22. The Kier molecular flexibility index (Phi) is 7.23. The molecule has 2 rings (SSSR count).